The summed E-state index contributed by atoms with van der Waals surface area (Å²) in [5.74, 6) is 0.0260. The summed E-state index contributed by atoms with van der Waals surface area (Å²) in [6.07, 6.45) is 3.71. The van der Waals surface area contributed by atoms with Gasteiger partial charge in [-0.15, -0.1) is 0 Å². The van der Waals surface area contributed by atoms with Crippen molar-refractivity contribution in [3.8, 4) is 11.5 Å². The molecule has 0 radical (unpaired) electrons. The Balaban J connectivity index is 1.21. The van der Waals surface area contributed by atoms with Crippen LogP contribution in [0.25, 0.3) is 11.0 Å². The lowest BCUT2D eigenvalue weighted by atomic mass is 10.0. The Labute approximate surface area is 203 Å². The van der Waals surface area contributed by atoms with Gasteiger partial charge < -0.3 is 25.3 Å². The van der Waals surface area contributed by atoms with Crippen LogP contribution in [0.1, 0.15) is 11.1 Å². The Morgan fingerprint density at radius 2 is 1.89 bits per heavy atom. The Kier molecular flexibility index (Phi) is 6.37. The summed E-state index contributed by atoms with van der Waals surface area (Å²) >= 11 is 0. The molecule has 2 aromatic heterocycles. The first-order chi connectivity index (χ1) is 17.0. The van der Waals surface area contributed by atoms with E-state index in [0.717, 1.165) is 29.7 Å². The fraction of sp³-hybridized carbons (Fsp3) is 0.259. The van der Waals surface area contributed by atoms with Crippen LogP contribution in [0.5, 0.6) is 11.5 Å². The summed E-state index contributed by atoms with van der Waals surface area (Å²) in [6, 6.07) is 15.9. The molecule has 0 spiro atoms. The number of nitrogens with zero attached hydrogens (tertiary/aromatic N) is 3. The molecule has 0 unspecified atom stereocenters. The summed E-state index contributed by atoms with van der Waals surface area (Å²) in [7, 11) is 0. The third-order valence-electron chi connectivity index (χ3n) is 6.43. The molecule has 2 aromatic carbocycles. The van der Waals surface area contributed by atoms with Gasteiger partial charge in [0, 0.05) is 44.3 Å². The summed E-state index contributed by atoms with van der Waals surface area (Å²) < 4.78 is 20.7. The predicted molar refractivity (Wildman–Crippen MR) is 134 cm³/mol. The lowest BCUT2D eigenvalue weighted by molar-refractivity contribution is -0.132. The van der Waals surface area contributed by atoms with Crippen molar-refractivity contribution in [1.29, 1.82) is 0 Å². The van der Waals surface area contributed by atoms with E-state index in [9.17, 15) is 9.18 Å². The fourth-order valence-corrected chi connectivity index (χ4v) is 4.54. The van der Waals surface area contributed by atoms with E-state index in [1.54, 1.807) is 29.3 Å². The van der Waals surface area contributed by atoms with Crippen molar-refractivity contribution in [1.82, 2.24) is 14.9 Å². The van der Waals surface area contributed by atoms with Crippen LogP contribution >= 0.6 is 0 Å². The van der Waals surface area contributed by atoms with Gasteiger partial charge >= 0.3 is 0 Å². The largest absolute Gasteiger partial charge is 0.453 e. The van der Waals surface area contributed by atoms with Crippen LogP contribution in [0.4, 0.5) is 10.1 Å². The van der Waals surface area contributed by atoms with Crippen LogP contribution in [0.15, 0.2) is 67.0 Å². The van der Waals surface area contributed by atoms with Gasteiger partial charge in [0.05, 0.1) is 11.4 Å². The van der Waals surface area contributed by atoms with Gasteiger partial charge in [0.1, 0.15) is 11.4 Å². The van der Waals surface area contributed by atoms with Crippen LogP contribution in [0.3, 0.4) is 0 Å². The number of carbonyl (C=O) groups excluding carboxylic acids is 1. The van der Waals surface area contributed by atoms with Crippen LogP contribution in [-0.4, -0.2) is 53.0 Å². The summed E-state index contributed by atoms with van der Waals surface area (Å²) in [5, 5.41) is 0.816. The summed E-state index contributed by atoms with van der Waals surface area (Å²) in [6.45, 7) is 4.67. The maximum absolute atomic E-state index is 14.9. The maximum atomic E-state index is 14.9. The molecule has 35 heavy (non-hydrogen) atoms. The number of anilines is 1. The molecule has 1 fully saturated rings. The number of piperazine rings is 1. The third kappa shape index (κ3) is 4.83. The molecule has 1 aliphatic rings. The Bertz CT molecular complexity index is 1330. The van der Waals surface area contributed by atoms with Crippen molar-refractivity contribution < 1.29 is 13.9 Å². The number of amides is 1. The number of H-pyrrole nitrogens is 1. The Morgan fingerprint density at radius 1 is 1.11 bits per heavy atom. The molecular weight excluding hydrogens is 445 g/mol. The molecule has 4 aromatic rings. The number of benzene rings is 2. The first-order valence-electron chi connectivity index (χ1n) is 11.7. The van der Waals surface area contributed by atoms with Gasteiger partial charge in [-0.3, -0.25) is 4.79 Å². The minimum Gasteiger partial charge on any atom is -0.453 e. The predicted octanol–water partition coefficient (Wildman–Crippen LogP) is 4.02. The highest BCUT2D eigenvalue weighted by atomic mass is 19.1. The molecule has 1 aliphatic heterocycles. The van der Waals surface area contributed by atoms with E-state index in [2.05, 4.69) is 27.0 Å². The van der Waals surface area contributed by atoms with E-state index in [-0.39, 0.29) is 18.1 Å². The average molecular weight is 474 g/mol. The van der Waals surface area contributed by atoms with E-state index in [4.69, 9.17) is 10.5 Å². The lowest BCUT2D eigenvalue weighted by Gasteiger charge is -2.37. The number of aromatic amines is 1. The van der Waals surface area contributed by atoms with Crippen LogP contribution < -0.4 is 15.4 Å². The number of nitrogens with two attached hydrogens (primary N) is 1. The highest BCUT2D eigenvalue weighted by Gasteiger charge is 2.26. The minimum atomic E-state index is -0.730. The van der Waals surface area contributed by atoms with E-state index in [0.29, 0.717) is 30.0 Å². The summed E-state index contributed by atoms with van der Waals surface area (Å²) in [5.41, 5.74) is 9.69. The molecule has 3 N–H and O–H groups in total. The van der Waals surface area contributed by atoms with Crippen molar-refractivity contribution in [2.75, 3.05) is 31.1 Å². The number of aryl methyl sites for hydroxylation is 1. The van der Waals surface area contributed by atoms with E-state index < -0.39 is 11.9 Å². The molecule has 180 valence electrons. The smallest absolute Gasteiger partial charge is 0.239 e. The number of pyridine rings is 1. The SMILES string of the molecule is Cc1c[nH]c2nccc(Oc3ccc(C[C@H](N)C(=O)N4CCN(c5ccccc5)CC4)cc3F)c12. The monoisotopic (exact) mass is 473 g/mol. The zero-order chi connectivity index (χ0) is 24.4. The zero-order valence-corrected chi connectivity index (χ0v) is 19.6. The first-order valence-corrected chi connectivity index (χ1v) is 11.7. The number of halogens is 1. The van der Waals surface area contributed by atoms with Crippen LogP contribution in [0, 0.1) is 12.7 Å². The van der Waals surface area contributed by atoms with Gasteiger partial charge in [-0.05, 0) is 54.8 Å². The molecule has 0 aliphatic carbocycles. The third-order valence-corrected chi connectivity index (χ3v) is 6.43. The van der Waals surface area contributed by atoms with Crippen molar-refractivity contribution in [3.63, 3.8) is 0 Å². The lowest BCUT2D eigenvalue weighted by Crippen LogP contribution is -2.53. The molecule has 0 bridgehead atoms. The molecule has 1 atom stereocenters. The van der Waals surface area contributed by atoms with Crippen molar-refractivity contribution in [3.05, 3.63) is 83.9 Å². The molecule has 0 saturated carbocycles. The van der Waals surface area contributed by atoms with E-state index >= 15 is 0 Å². The molecule has 7 nitrogen and oxygen atoms in total. The van der Waals surface area contributed by atoms with Gasteiger partial charge in [0.25, 0.3) is 0 Å². The topological polar surface area (TPSA) is 87.5 Å². The molecule has 5 rings (SSSR count). The van der Waals surface area contributed by atoms with Gasteiger partial charge in [-0.2, -0.15) is 0 Å². The highest BCUT2D eigenvalue weighted by Crippen LogP contribution is 2.32. The number of para-hydroxylation sites is 1. The Hall–Kier alpha value is -3.91. The molecule has 8 heteroatoms. The summed E-state index contributed by atoms with van der Waals surface area (Å²) in [4.78, 5) is 24.3. The number of fused-ring (bicyclic) bond motifs is 1. The van der Waals surface area contributed by atoms with Gasteiger partial charge in [-0.1, -0.05) is 24.3 Å². The second-order valence-corrected chi connectivity index (χ2v) is 8.83. The molecule has 1 saturated heterocycles. The number of nitrogens with one attached hydrogen (secondary N) is 1. The van der Waals surface area contributed by atoms with Crippen molar-refractivity contribution >= 4 is 22.6 Å². The number of aromatic nitrogens is 2. The standard InChI is InChI=1S/C27H28FN5O2/c1-18-17-31-26-25(18)24(9-10-30-26)35-23-8-7-19(15-21(23)28)16-22(29)27(34)33-13-11-32(12-14-33)20-5-3-2-4-6-20/h2-10,15,17,22H,11-14,16,29H2,1H3,(H,30,31)/t22-/m0/s1. The maximum Gasteiger partial charge on any atom is 0.239 e. The molecule has 3 heterocycles. The first kappa shape index (κ1) is 22.9. The minimum absolute atomic E-state index is 0.110. The number of carbonyl (C=O) groups is 1. The van der Waals surface area contributed by atoms with E-state index in [1.807, 2.05) is 31.3 Å². The van der Waals surface area contributed by atoms with Crippen molar-refractivity contribution in [2.24, 2.45) is 5.73 Å². The molecule has 1 amide bonds. The average Bonchev–Trinajstić information content (AvgIpc) is 3.27. The van der Waals surface area contributed by atoms with Crippen LogP contribution in [-0.2, 0) is 11.2 Å². The number of rotatable bonds is 6. The van der Waals surface area contributed by atoms with Crippen molar-refractivity contribution in [2.45, 2.75) is 19.4 Å². The van der Waals surface area contributed by atoms with E-state index in [1.165, 1.54) is 6.07 Å². The zero-order valence-electron chi connectivity index (χ0n) is 19.6. The number of ether oxygens (including phenoxy) is 1. The van der Waals surface area contributed by atoms with Gasteiger partial charge in [0.15, 0.2) is 11.6 Å². The Morgan fingerprint density at radius 3 is 2.63 bits per heavy atom. The second kappa shape index (κ2) is 9.76. The number of hydrogen-bond donors (Lipinski definition) is 2. The normalized spacial score (nSPS) is 14.8. The second-order valence-electron chi connectivity index (χ2n) is 8.83. The number of hydrogen-bond acceptors (Lipinski definition) is 5. The quantitative estimate of drug-likeness (QED) is 0.442. The fourth-order valence-electron chi connectivity index (χ4n) is 4.54. The molecular formula is C27H28FN5O2. The van der Waals surface area contributed by atoms with Gasteiger partial charge in [0.2, 0.25) is 5.91 Å². The van der Waals surface area contributed by atoms with Gasteiger partial charge in [-0.25, -0.2) is 9.37 Å². The highest BCUT2D eigenvalue weighted by molar-refractivity contribution is 5.86. The van der Waals surface area contributed by atoms with Crippen LogP contribution in [0.2, 0.25) is 0 Å².